The number of hydrogen-bond acceptors (Lipinski definition) is 5. The van der Waals surface area contributed by atoms with E-state index in [2.05, 4.69) is 0 Å². The fourth-order valence-corrected chi connectivity index (χ4v) is 0.554. The molecule has 0 saturated carbocycles. The highest BCUT2D eigenvalue weighted by Crippen LogP contribution is 1.93. The van der Waals surface area contributed by atoms with Gasteiger partial charge in [-0.25, -0.2) is 4.79 Å². The number of carboxylic acid groups (broad SMARTS) is 3. The Kier molecular flexibility index (Phi) is 9.52. The van der Waals surface area contributed by atoms with E-state index < -0.39 is 29.7 Å². The summed E-state index contributed by atoms with van der Waals surface area (Å²) in [4.78, 5) is 39.4. The van der Waals surface area contributed by atoms with Crippen molar-refractivity contribution in [1.82, 2.24) is 0 Å². The third-order valence-electron chi connectivity index (χ3n) is 1.55. The van der Waals surface area contributed by atoms with Crippen molar-refractivity contribution in [2.45, 2.75) is 32.2 Å². The van der Waals surface area contributed by atoms with E-state index in [1.165, 1.54) is 6.92 Å². The Bertz CT molecular complexity index is 300. The Morgan fingerprint density at radius 2 is 1.59 bits per heavy atom. The number of aliphatic carboxylic acids is 3. The molecule has 98 valence electrons. The van der Waals surface area contributed by atoms with Gasteiger partial charge in [-0.05, 0) is 6.42 Å². The monoisotopic (exact) mass is 249 g/mol. The van der Waals surface area contributed by atoms with Crippen molar-refractivity contribution in [3.63, 3.8) is 0 Å². The van der Waals surface area contributed by atoms with E-state index in [1.807, 2.05) is 0 Å². The number of Topliss-reactive ketones (excluding diaryl/α,β-unsaturated/α-hetero) is 1. The van der Waals surface area contributed by atoms with E-state index in [9.17, 15) is 19.2 Å². The molecule has 0 aliphatic rings. The number of carbonyl (C=O) groups excluding carboxylic acids is 1. The van der Waals surface area contributed by atoms with Gasteiger partial charge in [-0.1, -0.05) is 6.92 Å². The maximum Gasteiger partial charge on any atom is 0.372 e. The van der Waals surface area contributed by atoms with E-state index in [1.54, 1.807) is 0 Å². The summed E-state index contributed by atoms with van der Waals surface area (Å²) in [5.74, 6) is -4.28. The van der Waals surface area contributed by atoms with Crippen LogP contribution < -0.4 is 5.73 Å². The standard InChI is InChI=1S/C5H9NO4.C4H6O3/c6-3(5(9)10)1-2-4(7)8;1-2-3(5)4(6)7/h3H,1-2,6H2,(H,7,8)(H,9,10);2H2,1H3,(H,6,7). The van der Waals surface area contributed by atoms with Crippen molar-refractivity contribution in [2.24, 2.45) is 5.73 Å². The molecule has 0 aliphatic carbocycles. The Morgan fingerprint density at radius 3 is 1.76 bits per heavy atom. The minimum Gasteiger partial charge on any atom is -0.481 e. The van der Waals surface area contributed by atoms with Crippen molar-refractivity contribution in [2.75, 3.05) is 0 Å². The van der Waals surface area contributed by atoms with Crippen molar-refractivity contribution >= 4 is 23.7 Å². The van der Waals surface area contributed by atoms with Crippen molar-refractivity contribution < 1.29 is 34.5 Å². The van der Waals surface area contributed by atoms with Gasteiger partial charge >= 0.3 is 17.9 Å². The molecule has 0 amide bonds. The van der Waals surface area contributed by atoms with Gasteiger partial charge in [0, 0.05) is 12.8 Å². The summed E-state index contributed by atoms with van der Waals surface area (Å²) in [5.41, 5.74) is 5.00. The predicted molar refractivity (Wildman–Crippen MR) is 55.4 cm³/mol. The number of rotatable bonds is 6. The third-order valence-corrected chi connectivity index (χ3v) is 1.55. The van der Waals surface area contributed by atoms with Crippen LogP contribution in [0.25, 0.3) is 0 Å². The van der Waals surface area contributed by atoms with Gasteiger partial charge in [-0.15, -0.1) is 0 Å². The Morgan fingerprint density at radius 1 is 1.12 bits per heavy atom. The molecule has 0 bridgehead atoms. The highest BCUT2D eigenvalue weighted by molar-refractivity contribution is 6.32. The second kappa shape index (κ2) is 9.28. The SMILES string of the molecule is CCC(=O)C(=O)O.NC(CCC(=O)O)C(=O)O. The van der Waals surface area contributed by atoms with Crippen LogP contribution in [0, 0.1) is 0 Å². The molecule has 0 radical (unpaired) electrons. The molecule has 1 unspecified atom stereocenters. The van der Waals surface area contributed by atoms with Gasteiger partial charge in [0.25, 0.3) is 0 Å². The van der Waals surface area contributed by atoms with Gasteiger partial charge in [-0.3, -0.25) is 14.4 Å². The Hall–Kier alpha value is -1.96. The zero-order valence-corrected chi connectivity index (χ0v) is 9.25. The molecule has 8 heteroatoms. The molecule has 17 heavy (non-hydrogen) atoms. The smallest absolute Gasteiger partial charge is 0.372 e. The lowest BCUT2D eigenvalue weighted by Crippen LogP contribution is -2.30. The van der Waals surface area contributed by atoms with E-state index in [4.69, 9.17) is 21.1 Å². The molecule has 5 N–H and O–H groups in total. The maximum absolute atomic E-state index is 9.99. The Balaban J connectivity index is 0. The van der Waals surface area contributed by atoms with Gasteiger partial charge in [0.05, 0.1) is 0 Å². The number of ketones is 1. The average Bonchev–Trinajstić information content (AvgIpc) is 2.24. The van der Waals surface area contributed by atoms with Crippen molar-refractivity contribution in [3.05, 3.63) is 0 Å². The number of nitrogens with two attached hydrogens (primary N) is 1. The second-order valence-corrected chi connectivity index (χ2v) is 2.96. The first kappa shape index (κ1) is 17.4. The lowest BCUT2D eigenvalue weighted by molar-refractivity contribution is -0.148. The van der Waals surface area contributed by atoms with Gasteiger partial charge in [-0.2, -0.15) is 0 Å². The summed E-state index contributed by atoms with van der Waals surface area (Å²) < 4.78 is 0. The quantitative estimate of drug-likeness (QED) is 0.451. The lowest BCUT2D eigenvalue weighted by Gasteiger charge is -2.01. The molecule has 0 aromatic rings. The van der Waals surface area contributed by atoms with E-state index in [0.717, 1.165) is 0 Å². The van der Waals surface area contributed by atoms with Crippen LogP contribution in [-0.4, -0.2) is 45.1 Å². The third kappa shape index (κ3) is 12.0. The van der Waals surface area contributed by atoms with Crippen LogP contribution in [0.3, 0.4) is 0 Å². The summed E-state index contributed by atoms with van der Waals surface area (Å²) in [7, 11) is 0. The van der Waals surface area contributed by atoms with Crippen LogP contribution in [0.5, 0.6) is 0 Å². The summed E-state index contributed by atoms with van der Waals surface area (Å²) >= 11 is 0. The average molecular weight is 249 g/mol. The molecular weight excluding hydrogens is 234 g/mol. The molecule has 0 aromatic carbocycles. The zero-order chi connectivity index (χ0) is 14.0. The molecule has 0 heterocycles. The number of hydrogen-bond donors (Lipinski definition) is 4. The van der Waals surface area contributed by atoms with Crippen LogP contribution in [0.2, 0.25) is 0 Å². The van der Waals surface area contributed by atoms with Crippen LogP contribution in [-0.2, 0) is 19.2 Å². The number of carboxylic acids is 3. The molecule has 0 rings (SSSR count). The van der Waals surface area contributed by atoms with E-state index >= 15 is 0 Å². The molecule has 0 fully saturated rings. The molecule has 0 saturated heterocycles. The van der Waals surface area contributed by atoms with Crippen LogP contribution in [0.15, 0.2) is 0 Å². The highest BCUT2D eigenvalue weighted by atomic mass is 16.4. The summed E-state index contributed by atoms with van der Waals surface area (Å²) in [5, 5.41) is 24.1. The highest BCUT2D eigenvalue weighted by Gasteiger charge is 2.12. The van der Waals surface area contributed by atoms with Crippen LogP contribution in [0.4, 0.5) is 0 Å². The van der Waals surface area contributed by atoms with Gasteiger partial charge in [0.15, 0.2) is 0 Å². The molecule has 0 aliphatic heterocycles. The Labute approximate surface area is 97.0 Å². The van der Waals surface area contributed by atoms with E-state index in [-0.39, 0.29) is 19.3 Å². The first-order valence-electron chi connectivity index (χ1n) is 4.68. The first-order chi connectivity index (χ1) is 7.72. The molecule has 1 atom stereocenters. The number of carbonyl (C=O) groups is 4. The minimum atomic E-state index is -1.34. The van der Waals surface area contributed by atoms with E-state index in [0.29, 0.717) is 0 Å². The minimum absolute atomic E-state index is 0.0231. The first-order valence-corrected chi connectivity index (χ1v) is 4.68. The normalized spacial score (nSPS) is 10.7. The molecule has 8 nitrogen and oxygen atoms in total. The predicted octanol–water partition coefficient (Wildman–Crippen LogP) is -0.687. The molecular formula is C9H15NO7. The van der Waals surface area contributed by atoms with Crippen LogP contribution in [0.1, 0.15) is 26.2 Å². The largest absolute Gasteiger partial charge is 0.481 e. The second-order valence-electron chi connectivity index (χ2n) is 2.96. The maximum atomic E-state index is 9.99. The fraction of sp³-hybridized carbons (Fsp3) is 0.556. The topological polar surface area (TPSA) is 155 Å². The lowest BCUT2D eigenvalue weighted by atomic mass is 10.2. The van der Waals surface area contributed by atoms with Crippen molar-refractivity contribution in [3.8, 4) is 0 Å². The summed E-state index contributed by atoms with van der Waals surface area (Å²) in [6, 6.07) is -1.06. The van der Waals surface area contributed by atoms with Crippen molar-refractivity contribution in [1.29, 1.82) is 0 Å². The van der Waals surface area contributed by atoms with Gasteiger partial charge in [0.2, 0.25) is 5.78 Å². The molecule has 0 spiro atoms. The van der Waals surface area contributed by atoms with Gasteiger partial charge in [0.1, 0.15) is 6.04 Å². The summed E-state index contributed by atoms with van der Waals surface area (Å²) in [6.45, 7) is 1.51. The summed E-state index contributed by atoms with van der Waals surface area (Å²) in [6.07, 6.45) is -0.145. The van der Waals surface area contributed by atoms with Gasteiger partial charge < -0.3 is 21.1 Å². The molecule has 0 aromatic heterocycles. The zero-order valence-electron chi connectivity index (χ0n) is 9.25. The fourth-order valence-electron chi connectivity index (χ4n) is 0.554. The van der Waals surface area contributed by atoms with Crippen LogP contribution >= 0.6 is 0 Å².